The Labute approximate surface area is 177 Å². The molecule has 27 heavy (non-hydrogen) atoms. The number of amides is 2. The molecule has 0 radical (unpaired) electrons. The van der Waals surface area contributed by atoms with Crippen LogP contribution in [0.5, 0.6) is 0 Å². The molecule has 10 heteroatoms. The van der Waals surface area contributed by atoms with Crippen LogP contribution in [0, 0.1) is 0 Å². The molecule has 2 amide bonds. The highest BCUT2D eigenvalue weighted by molar-refractivity contribution is 7.09. The Bertz CT molecular complexity index is 622. The maximum absolute atomic E-state index is 12.5. The first-order valence-electron chi connectivity index (χ1n) is 9.04. The monoisotopic (exact) mass is 437 g/mol. The van der Waals surface area contributed by atoms with Gasteiger partial charge in [-0.3, -0.25) is 14.5 Å². The first-order valence-corrected chi connectivity index (χ1v) is 9.92. The Balaban J connectivity index is 0.00000182. The van der Waals surface area contributed by atoms with Crippen LogP contribution in [-0.2, 0) is 11.3 Å². The SMILES string of the molecule is CC1CCCCN1C(=O)CN1CCN(C(=O)c2csc(CN)n2)CC1.Cl.Cl. The lowest BCUT2D eigenvalue weighted by Crippen LogP contribution is -2.53. The summed E-state index contributed by atoms with van der Waals surface area (Å²) in [5.74, 6) is 0.186. The van der Waals surface area contributed by atoms with E-state index in [9.17, 15) is 9.59 Å². The Kier molecular flexibility index (Phi) is 9.97. The van der Waals surface area contributed by atoms with Crippen molar-refractivity contribution in [3.63, 3.8) is 0 Å². The molecule has 2 N–H and O–H groups in total. The van der Waals surface area contributed by atoms with Crippen LogP contribution in [0.4, 0.5) is 0 Å². The highest BCUT2D eigenvalue weighted by atomic mass is 35.5. The second kappa shape index (κ2) is 11.2. The van der Waals surface area contributed by atoms with Gasteiger partial charge in [-0.2, -0.15) is 0 Å². The predicted molar refractivity (Wildman–Crippen MR) is 112 cm³/mol. The van der Waals surface area contributed by atoms with Gasteiger partial charge in [0.2, 0.25) is 5.91 Å². The van der Waals surface area contributed by atoms with Gasteiger partial charge in [0.25, 0.3) is 5.91 Å². The zero-order chi connectivity index (χ0) is 17.8. The fourth-order valence-electron chi connectivity index (χ4n) is 3.52. The molecule has 0 aromatic carbocycles. The fourth-order valence-corrected chi connectivity index (χ4v) is 4.17. The average molecular weight is 438 g/mol. The molecule has 1 aromatic heterocycles. The van der Waals surface area contributed by atoms with Crippen molar-refractivity contribution in [2.45, 2.75) is 38.8 Å². The van der Waals surface area contributed by atoms with Crippen molar-refractivity contribution >= 4 is 48.0 Å². The first kappa shape index (κ1) is 24.1. The molecule has 3 rings (SSSR count). The lowest BCUT2D eigenvalue weighted by molar-refractivity contribution is -0.136. The van der Waals surface area contributed by atoms with E-state index in [4.69, 9.17) is 5.73 Å². The van der Waals surface area contributed by atoms with Crippen molar-refractivity contribution in [1.29, 1.82) is 0 Å². The van der Waals surface area contributed by atoms with Crippen LogP contribution in [-0.4, -0.2) is 76.8 Å². The van der Waals surface area contributed by atoms with Crippen LogP contribution in [0.15, 0.2) is 5.38 Å². The number of carbonyl (C=O) groups excluding carboxylic acids is 2. The quantitative estimate of drug-likeness (QED) is 0.773. The smallest absolute Gasteiger partial charge is 0.273 e. The van der Waals surface area contributed by atoms with Crippen molar-refractivity contribution in [3.8, 4) is 0 Å². The summed E-state index contributed by atoms with van der Waals surface area (Å²) >= 11 is 1.42. The zero-order valence-electron chi connectivity index (χ0n) is 15.6. The van der Waals surface area contributed by atoms with E-state index in [1.54, 1.807) is 5.38 Å². The molecule has 1 unspecified atom stereocenters. The number of piperazine rings is 1. The van der Waals surface area contributed by atoms with Gasteiger partial charge in [0, 0.05) is 50.7 Å². The van der Waals surface area contributed by atoms with Gasteiger partial charge >= 0.3 is 0 Å². The van der Waals surface area contributed by atoms with E-state index < -0.39 is 0 Å². The highest BCUT2D eigenvalue weighted by Crippen LogP contribution is 2.17. The van der Waals surface area contributed by atoms with Crippen molar-refractivity contribution in [3.05, 3.63) is 16.1 Å². The summed E-state index contributed by atoms with van der Waals surface area (Å²) in [4.78, 5) is 35.3. The Morgan fingerprint density at radius 1 is 1.19 bits per heavy atom. The highest BCUT2D eigenvalue weighted by Gasteiger charge is 2.28. The first-order chi connectivity index (χ1) is 12.1. The van der Waals surface area contributed by atoms with E-state index in [0.717, 1.165) is 37.5 Å². The van der Waals surface area contributed by atoms with E-state index in [1.165, 1.54) is 17.8 Å². The van der Waals surface area contributed by atoms with Crippen LogP contribution < -0.4 is 5.73 Å². The van der Waals surface area contributed by atoms with Crippen molar-refractivity contribution in [2.24, 2.45) is 5.73 Å². The summed E-state index contributed by atoms with van der Waals surface area (Å²) in [6, 6.07) is 0.352. The number of carbonyl (C=O) groups is 2. The maximum atomic E-state index is 12.5. The second-order valence-corrected chi connectivity index (χ2v) is 7.77. The number of hydrogen-bond donors (Lipinski definition) is 1. The minimum atomic E-state index is -0.0356. The molecular weight excluding hydrogens is 409 g/mol. The molecule has 1 aromatic rings. The number of rotatable bonds is 4. The normalized spacial score (nSPS) is 20.6. The van der Waals surface area contributed by atoms with Crippen molar-refractivity contribution < 1.29 is 9.59 Å². The van der Waals surface area contributed by atoms with Gasteiger partial charge < -0.3 is 15.5 Å². The number of halogens is 2. The molecule has 2 fully saturated rings. The summed E-state index contributed by atoms with van der Waals surface area (Å²) in [7, 11) is 0. The van der Waals surface area contributed by atoms with Crippen LogP contribution in [0.2, 0.25) is 0 Å². The number of aromatic nitrogens is 1. The minimum absolute atomic E-state index is 0. The molecular formula is C17H29Cl2N5O2S. The Hall–Kier alpha value is -0.930. The molecule has 0 aliphatic carbocycles. The van der Waals surface area contributed by atoms with E-state index in [2.05, 4.69) is 16.8 Å². The number of likely N-dealkylation sites (tertiary alicyclic amines) is 1. The molecule has 2 aliphatic rings. The lowest BCUT2D eigenvalue weighted by atomic mass is 10.0. The molecule has 154 valence electrons. The molecule has 2 aliphatic heterocycles. The molecule has 0 saturated carbocycles. The van der Waals surface area contributed by atoms with Gasteiger partial charge in [0.05, 0.1) is 6.54 Å². The number of thiazole rings is 1. The molecule has 0 bridgehead atoms. The van der Waals surface area contributed by atoms with Gasteiger partial charge in [-0.25, -0.2) is 4.98 Å². The third-order valence-electron chi connectivity index (χ3n) is 5.09. The third kappa shape index (κ3) is 6.02. The van der Waals surface area contributed by atoms with Crippen LogP contribution in [0.1, 0.15) is 41.7 Å². The zero-order valence-corrected chi connectivity index (χ0v) is 18.1. The van der Waals surface area contributed by atoms with Crippen LogP contribution >= 0.6 is 36.2 Å². The predicted octanol–water partition coefficient (Wildman–Crippen LogP) is 1.60. The summed E-state index contributed by atoms with van der Waals surface area (Å²) in [5, 5.41) is 2.56. The Morgan fingerprint density at radius 3 is 2.48 bits per heavy atom. The van der Waals surface area contributed by atoms with E-state index >= 15 is 0 Å². The van der Waals surface area contributed by atoms with Gasteiger partial charge in [-0.1, -0.05) is 0 Å². The lowest BCUT2D eigenvalue weighted by Gasteiger charge is -2.37. The number of piperidine rings is 1. The van der Waals surface area contributed by atoms with E-state index in [0.29, 0.717) is 37.9 Å². The molecule has 3 heterocycles. The van der Waals surface area contributed by atoms with E-state index in [-0.39, 0.29) is 36.6 Å². The number of nitrogens with zero attached hydrogens (tertiary/aromatic N) is 4. The summed E-state index contributed by atoms with van der Waals surface area (Å²) in [5.41, 5.74) is 6.04. The third-order valence-corrected chi connectivity index (χ3v) is 5.96. The summed E-state index contributed by atoms with van der Waals surface area (Å²) < 4.78 is 0. The Morgan fingerprint density at radius 2 is 1.89 bits per heavy atom. The van der Waals surface area contributed by atoms with Crippen molar-refractivity contribution in [1.82, 2.24) is 19.7 Å². The molecule has 0 spiro atoms. The average Bonchev–Trinajstić information content (AvgIpc) is 3.11. The minimum Gasteiger partial charge on any atom is -0.339 e. The number of nitrogens with two attached hydrogens (primary N) is 1. The van der Waals surface area contributed by atoms with Crippen molar-refractivity contribution in [2.75, 3.05) is 39.3 Å². The second-order valence-electron chi connectivity index (χ2n) is 6.83. The fraction of sp³-hybridized carbons (Fsp3) is 0.706. The van der Waals surface area contributed by atoms with Crippen LogP contribution in [0.25, 0.3) is 0 Å². The summed E-state index contributed by atoms with van der Waals surface area (Å²) in [6.45, 7) is 6.57. The molecule has 1 atom stereocenters. The largest absolute Gasteiger partial charge is 0.339 e. The topological polar surface area (TPSA) is 82.8 Å². The number of hydrogen-bond acceptors (Lipinski definition) is 6. The van der Waals surface area contributed by atoms with Crippen LogP contribution in [0.3, 0.4) is 0 Å². The molecule has 7 nitrogen and oxygen atoms in total. The summed E-state index contributed by atoms with van der Waals surface area (Å²) in [6.07, 6.45) is 3.43. The van der Waals surface area contributed by atoms with Gasteiger partial charge in [-0.15, -0.1) is 36.2 Å². The van der Waals surface area contributed by atoms with Gasteiger partial charge in [0.15, 0.2) is 0 Å². The van der Waals surface area contributed by atoms with Gasteiger partial charge in [-0.05, 0) is 26.2 Å². The molecule has 2 saturated heterocycles. The standard InChI is InChI=1S/C17H27N5O2S.2ClH/c1-13-4-2-3-5-22(13)16(23)11-20-6-8-21(9-7-20)17(24)14-12-25-15(10-18)19-14;;/h12-13H,2-11,18H2,1H3;2*1H. The maximum Gasteiger partial charge on any atom is 0.273 e. The van der Waals surface area contributed by atoms with Gasteiger partial charge in [0.1, 0.15) is 10.7 Å². The van der Waals surface area contributed by atoms with E-state index in [1.807, 2.05) is 9.80 Å².